The van der Waals surface area contributed by atoms with Crippen molar-refractivity contribution >= 4 is 33.4 Å². The van der Waals surface area contributed by atoms with Crippen LogP contribution >= 0.6 is 27.5 Å². The maximum absolute atomic E-state index is 12.4. The highest BCUT2D eigenvalue weighted by Gasteiger charge is 2.40. The van der Waals surface area contributed by atoms with Crippen molar-refractivity contribution < 1.29 is 13.6 Å². The average molecular weight is 274 g/mol. The Balaban J connectivity index is 2.65. The van der Waals surface area contributed by atoms with Gasteiger partial charge in [-0.2, -0.15) is 8.78 Å². The van der Waals surface area contributed by atoms with E-state index in [2.05, 4.69) is 27.5 Å². The third-order valence-electron chi connectivity index (χ3n) is 1.64. The van der Waals surface area contributed by atoms with Crippen LogP contribution in [0.25, 0.3) is 0 Å². The molecule has 0 saturated carbocycles. The largest absolute Gasteiger partial charge is 0.399 e. The van der Waals surface area contributed by atoms with E-state index in [1.807, 2.05) is 6.08 Å². The van der Waals surface area contributed by atoms with Crippen LogP contribution in [-0.4, -0.2) is 29.3 Å². The zero-order valence-corrected chi connectivity index (χ0v) is 8.91. The van der Waals surface area contributed by atoms with Gasteiger partial charge in [-0.15, -0.1) is 0 Å². The lowest BCUT2D eigenvalue weighted by Gasteiger charge is -2.26. The first-order valence-electron chi connectivity index (χ1n) is 3.62. The lowest BCUT2D eigenvalue weighted by atomic mass is 10.2. The summed E-state index contributed by atoms with van der Waals surface area (Å²) in [6, 6.07) is 0. The second kappa shape index (κ2) is 3.92. The van der Waals surface area contributed by atoms with E-state index < -0.39 is 11.3 Å². The van der Waals surface area contributed by atoms with Crippen LogP contribution in [0.15, 0.2) is 10.6 Å². The molecular weight excluding hydrogens is 267 g/mol. The van der Waals surface area contributed by atoms with Crippen molar-refractivity contribution in [1.29, 1.82) is 0 Å². The van der Waals surface area contributed by atoms with E-state index in [-0.39, 0.29) is 13.1 Å². The zero-order valence-electron chi connectivity index (χ0n) is 6.57. The Morgan fingerprint density at radius 1 is 1.69 bits per heavy atom. The van der Waals surface area contributed by atoms with Crippen LogP contribution < -0.4 is 0 Å². The van der Waals surface area contributed by atoms with E-state index >= 15 is 0 Å². The molecule has 0 atom stereocenters. The van der Waals surface area contributed by atoms with E-state index in [9.17, 15) is 13.6 Å². The predicted octanol–water partition coefficient (Wildman–Crippen LogP) is 2.33. The van der Waals surface area contributed by atoms with Crippen LogP contribution in [0.3, 0.4) is 0 Å². The number of hydrogen-bond donors (Lipinski definition) is 0. The number of rotatable bonds is 1. The number of amides is 1. The van der Waals surface area contributed by atoms with Gasteiger partial charge in [-0.05, 0) is 18.0 Å². The number of hydrogen-bond acceptors (Lipinski definition) is 1. The molecule has 0 fully saturated rings. The van der Waals surface area contributed by atoms with Gasteiger partial charge < -0.3 is 4.90 Å². The maximum Gasteiger partial charge on any atom is 0.399 e. The molecule has 0 aromatic rings. The number of nitrogens with zero attached hydrogens (tertiary/aromatic N) is 1. The normalized spacial score (nSPS) is 18.5. The summed E-state index contributed by atoms with van der Waals surface area (Å²) in [7, 11) is 0. The first-order chi connectivity index (χ1) is 5.91. The van der Waals surface area contributed by atoms with Crippen LogP contribution in [0.4, 0.5) is 8.78 Å². The first-order valence-corrected chi connectivity index (χ1v) is 4.79. The van der Waals surface area contributed by atoms with Crippen LogP contribution in [0, 0.1) is 0 Å². The molecule has 0 aliphatic carbocycles. The molecule has 13 heavy (non-hydrogen) atoms. The zero-order chi connectivity index (χ0) is 10.1. The number of alkyl halides is 3. The molecule has 74 valence electrons. The lowest BCUT2D eigenvalue weighted by molar-refractivity contribution is -0.146. The van der Waals surface area contributed by atoms with Gasteiger partial charge in [0.1, 0.15) is 0 Å². The molecule has 1 heterocycles. The fourth-order valence-electron chi connectivity index (χ4n) is 1.06. The fourth-order valence-corrected chi connectivity index (χ4v) is 1.71. The van der Waals surface area contributed by atoms with Gasteiger partial charge >= 0.3 is 11.3 Å². The monoisotopic (exact) mass is 273 g/mol. The summed E-state index contributed by atoms with van der Waals surface area (Å²) in [6.07, 6.45) is 2.41. The molecule has 0 saturated heterocycles. The molecule has 0 N–H and O–H groups in total. The molecule has 0 aromatic heterocycles. The fraction of sp³-hybridized carbons (Fsp3) is 0.571. The predicted molar refractivity (Wildman–Crippen MR) is 49.0 cm³/mol. The van der Waals surface area contributed by atoms with Gasteiger partial charge in [0.05, 0.1) is 6.54 Å². The van der Waals surface area contributed by atoms with Gasteiger partial charge in [-0.25, -0.2) is 0 Å². The molecule has 0 unspecified atom stereocenters. The van der Waals surface area contributed by atoms with Crippen molar-refractivity contribution in [2.24, 2.45) is 0 Å². The molecule has 2 nitrogen and oxygen atoms in total. The minimum absolute atomic E-state index is 0.168. The van der Waals surface area contributed by atoms with Gasteiger partial charge in [0.2, 0.25) is 0 Å². The Labute approximate surface area is 87.7 Å². The van der Waals surface area contributed by atoms with Crippen LogP contribution in [0.1, 0.15) is 6.42 Å². The van der Waals surface area contributed by atoms with Gasteiger partial charge in [-0.3, -0.25) is 4.79 Å². The highest BCUT2D eigenvalue weighted by atomic mass is 79.9. The molecule has 1 rings (SSSR count). The molecule has 0 bridgehead atoms. The first kappa shape index (κ1) is 10.9. The molecule has 1 aliphatic rings. The highest BCUT2D eigenvalue weighted by Crippen LogP contribution is 2.25. The summed E-state index contributed by atoms with van der Waals surface area (Å²) in [4.78, 5) is 12.0. The number of halogens is 4. The number of carbonyl (C=O) groups is 1. The van der Waals surface area contributed by atoms with Crippen molar-refractivity contribution in [1.82, 2.24) is 4.90 Å². The van der Waals surface area contributed by atoms with Crippen molar-refractivity contribution in [2.75, 3.05) is 13.1 Å². The van der Waals surface area contributed by atoms with Gasteiger partial charge in [0.25, 0.3) is 0 Å². The topological polar surface area (TPSA) is 20.3 Å². The molecule has 0 aromatic carbocycles. The minimum Gasteiger partial charge on any atom is -0.331 e. The Morgan fingerprint density at radius 2 is 2.31 bits per heavy atom. The van der Waals surface area contributed by atoms with E-state index in [1.165, 1.54) is 0 Å². The molecule has 0 spiro atoms. The van der Waals surface area contributed by atoms with Gasteiger partial charge in [0, 0.05) is 11.0 Å². The minimum atomic E-state index is -3.79. The van der Waals surface area contributed by atoms with E-state index in [0.29, 0.717) is 6.42 Å². The Kier molecular flexibility index (Phi) is 3.29. The summed E-state index contributed by atoms with van der Waals surface area (Å²) in [5.41, 5.74) is 0. The Hall–Kier alpha value is -0.160. The standard InChI is InChI=1S/C7H7BrClF2NO/c8-5-2-1-3-12(4-5)6(13)7(9,10)11/h2H,1,3-4H2. The van der Waals surface area contributed by atoms with Crippen molar-refractivity contribution in [3.8, 4) is 0 Å². The third kappa shape index (κ3) is 2.91. The van der Waals surface area contributed by atoms with E-state index in [0.717, 1.165) is 9.38 Å². The summed E-state index contributed by atoms with van der Waals surface area (Å²) in [5.74, 6) is -1.33. The molecule has 1 aliphatic heterocycles. The van der Waals surface area contributed by atoms with Crippen molar-refractivity contribution in [3.63, 3.8) is 0 Å². The molecule has 0 radical (unpaired) electrons. The third-order valence-corrected chi connectivity index (χ3v) is 2.37. The summed E-state index contributed by atoms with van der Waals surface area (Å²) in [5, 5.41) is -3.79. The highest BCUT2D eigenvalue weighted by molar-refractivity contribution is 9.11. The van der Waals surface area contributed by atoms with Crippen LogP contribution in [-0.2, 0) is 4.79 Å². The van der Waals surface area contributed by atoms with Crippen molar-refractivity contribution in [3.05, 3.63) is 10.6 Å². The van der Waals surface area contributed by atoms with Gasteiger partial charge in [-0.1, -0.05) is 22.0 Å². The van der Waals surface area contributed by atoms with Gasteiger partial charge in [0.15, 0.2) is 0 Å². The second-order valence-electron chi connectivity index (χ2n) is 2.66. The number of carbonyl (C=O) groups excluding carboxylic acids is 1. The molecule has 6 heteroatoms. The SMILES string of the molecule is O=C(N1CCC=C(Br)C1)C(F)(F)Cl. The summed E-state index contributed by atoms with van der Waals surface area (Å²) < 4.78 is 25.5. The van der Waals surface area contributed by atoms with Crippen LogP contribution in [0.5, 0.6) is 0 Å². The summed E-state index contributed by atoms with van der Waals surface area (Å²) >= 11 is 7.75. The maximum atomic E-state index is 12.4. The Bertz CT molecular complexity index is 251. The van der Waals surface area contributed by atoms with E-state index in [1.54, 1.807) is 0 Å². The van der Waals surface area contributed by atoms with E-state index in [4.69, 9.17) is 0 Å². The molecule has 1 amide bonds. The Morgan fingerprint density at radius 3 is 2.77 bits per heavy atom. The second-order valence-corrected chi connectivity index (χ2v) is 4.16. The van der Waals surface area contributed by atoms with Crippen molar-refractivity contribution in [2.45, 2.75) is 11.8 Å². The smallest absolute Gasteiger partial charge is 0.331 e. The molecular formula is C7H7BrClF2NO. The average Bonchev–Trinajstić information content (AvgIpc) is 2.01. The quantitative estimate of drug-likeness (QED) is 0.672. The summed E-state index contributed by atoms with van der Waals surface area (Å²) in [6.45, 7) is 0.456. The lowest BCUT2D eigenvalue weighted by Crippen LogP contribution is -2.42. The van der Waals surface area contributed by atoms with Crippen LogP contribution in [0.2, 0.25) is 0 Å².